The molecule has 1 rings (SSSR count). The van der Waals surface area contributed by atoms with Gasteiger partial charge in [0.05, 0.1) is 0 Å². The van der Waals surface area contributed by atoms with Gasteiger partial charge in [-0.15, -0.1) is 0 Å². The first-order valence-corrected chi connectivity index (χ1v) is 1.82. The predicted molar refractivity (Wildman–Crippen MR) is 20.2 cm³/mol. The lowest BCUT2D eigenvalue weighted by Gasteiger charge is -1.80. The summed E-state index contributed by atoms with van der Waals surface area (Å²) in [4.78, 5) is 0.347. The molecule has 0 unspecified atom stereocenters. The van der Waals surface area contributed by atoms with Gasteiger partial charge in [0, 0.05) is 12.1 Å². The van der Waals surface area contributed by atoms with Crippen LogP contribution in [-0.2, 0) is 0 Å². The Morgan fingerprint density at radius 2 is 2.71 bits per heavy atom. The van der Waals surface area contributed by atoms with E-state index in [9.17, 15) is 5.21 Å². The summed E-state index contributed by atoms with van der Waals surface area (Å²) < 4.78 is 4.08. The minimum absolute atomic E-state index is 0.347. The van der Waals surface area contributed by atoms with Gasteiger partial charge >= 0.3 is 0 Å². The lowest BCUT2D eigenvalue weighted by atomic mass is 10.6. The van der Waals surface area contributed by atoms with Crippen molar-refractivity contribution < 1.29 is 9.53 Å². The molecule has 0 saturated heterocycles. The average Bonchev–Trinajstić information content (AvgIpc) is 1.91. The maximum atomic E-state index is 10.1. The topological polar surface area (TPSA) is 53.0 Å². The first-order valence-electron chi connectivity index (χ1n) is 1.82. The Bertz CT molecular complexity index is 143. The number of aryl methyl sites for hydroxylation is 1. The van der Waals surface area contributed by atoms with E-state index in [1.54, 1.807) is 6.92 Å². The molecule has 0 bridgehead atoms. The Kier molecular flexibility index (Phi) is 0.714. The third-order valence-corrected chi connectivity index (χ3v) is 0.649. The SMILES string of the molecule is Cc1cno[n+]1[O-]. The minimum atomic E-state index is 0.347. The van der Waals surface area contributed by atoms with Crippen molar-refractivity contribution in [3.05, 3.63) is 17.1 Å². The van der Waals surface area contributed by atoms with Crippen molar-refractivity contribution in [2.45, 2.75) is 6.92 Å². The smallest absolute Gasteiger partial charge is 0.208 e. The Morgan fingerprint density at radius 1 is 2.00 bits per heavy atom. The summed E-state index contributed by atoms with van der Waals surface area (Å²) in [6.45, 7) is 1.61. The van der Waals surface area contributed by atoms with Crippen LogP contribution in [0.1, 0.15) is 5.69 Å². The van der Waals surface area contributed by atoms with Crippen molar-refractivity contribution in [3.63, 3.8) is 0 Å². The number of aromatic nitrogens is 2. The molecule has 38 valence electrons. The molecule has 4 heteroatoms. The molecule has 7 heavy (non-hydrogen) atoms. The highest BCUT2D eigenvalue weighted by atomic mass is 16.8. The van der Waals surface area contributed by atoms with E-state index in [1.807, 2.05) is 0 Å². The first kappa shape index (κ1) is 4.11. The van der Waals surface area contributed by atoms with E-state index in [-0.39, 0.29) is 0 Å². The van der Waals surface area contributed by atoms with E-state index in [4.69, 9.17) is 0 Å². The Balaban J connectivity index is 3.12. The third kappa shape index (κ3) is 0.534. The second-order valence-corrected chi connectivity index (χ2v) is 1.21. The summed E-state index contributed by atoms with van der Waals surface area (Å²) in [5.74, 6) is 0. The second kappa shape index (κ2) is 1.22. The van der Waals surface area contributed by atoms with Gasteiger partial charge in [-0.2, -0.15) is 0 Å². The van der Waals surface area contributed by atoms with E-state index in [0.29, 0.717) is 10.6 Å². The summed E-state index contributed by atoms with van der Waals surface area (Å²) in [5, 5.41) is 13.3. The van der Waals surface area contributed by atoms with Gasteiger partial charge in [0.2, 0.25) is 6.20 Å². The van der Waals surface area contributed by atoms with Crippen LogP contribution in [0, 0.1) is 12.1 Å². The fourth-order valence-electron chi connectivity index (χ4n) is 0.254. The molecular formula is C3H4N2O2. The van der Waals surface area contributed by atoms with Crippen LogP contribution in [0.3, 0.4) is 0 Å². The van der Waals surface area contributed by atoms with E-state index in [1.165, 1.54) is 6.20 Å². The standard InChI is InChI=1S/C3H4N2O2/c1-3-2-4-7-5(3)6/h2H,1H3. The van der Waals surface area contributed by atoms with Gasteiger partial charge in [0.25, 0.3) is 0 Å². The molecule has 0 aromatic carbocycles. The average molecular weight is 100 g/mol. The van der Waals surface area contributed by atoms with Crippen LogP contribution in [0.2, 0.25) is 0 Å². The van der Waals surface area contributed by atoms with Gasteiger partial charge in [-0.25, -0.2) is 0 Å². The minimum Gasteiger partial charge on any atom is -0.359 e. The van der Waals surface area contributed by atoms with Crippen LogP contribution in [-0.4, -0.2) is 5.16 Å². The van der Waals surface area contributed by atoms with Crippen LogP contribution in [0.5, 0.6) is 0 Å². The van der Waals surface area contributed by atoms with Crippen molar-refractivity contribution in [1.29, 1.82) is 0 Å². The molecule has 0 N–H and O–H groups in total. The highest BCUT2D eigenvalue weighted by Gasteiger charge is 1.94. The Morgan fingerprint density at radius 3 is 2.86 bits per heavy atom. The predicted octanol–water partition coefficient (Wildman–Crippen LogP) is -0.384. The summed E-state index contributed by atoms with van der Waals surface area (Å²) in [5.41, 5.74) is 0.472. The molecule has 0 radical (unpaired) electrons. The zero-order chi connectivity index (χ0) is 5.28. The molecular weight excluding hydrogens is 96.0 g/mol. The van der Waals surface area contributed by atoms with Gasteiger partial charge in [-0.1, -0.05) is 0 Å². The summed E-state index contributed by atoms with van der Waals surface area (Å²) >= 11 is 0. The molecule has 4 nitrogen and oxygen atoms in total. The first-order chi connectivity index (χ1) is 3.30. The molecule has 0 spiro atoms. The van der Waals surface area contributed by atoms with Crippen LogP contribution >= 0.6 is 0 Å². The molecule has 0 aliphatic carbocycles. The van der Waals surface area contributed by atoms with Gasteiger partial charge in [-0.3, -0.25) is 4.63 Å². The van der Waals surface area contributed by atoms with Crippen molar-refractivity contribution in [2.24, 2.45) is 0 Å². The van der Waals surface area contributed by atoms with Crippen LogP contribution < -0.4 is 4.90 Å². The molecule has 0 aliphatic rings. The van der Waals surface area contributed by atoms with Crippen molar-refractivity contribution in [3.8, 4) is 0 Å². The quantitative estimate of drug-likeness (QED) is 0.417. The van der Waals surface area contributed by atoms with E-state index < -0.39 is 0 Å². The molecule has 0 saturated carbocycles. The highest BCUT2D eigenvalue weighted by molar-refractivity contribution is 4.74. The van der Waals surface area contributed by atoms with E-state index in [0.717, 1.165) is 0 Å². The summed E-state index contributed by atoms with van der Waals surface area (Å²) in [6, 6.07) is 0. The largest absolute Gasteiger partial charge is 0.359 e. The van der Waals surface area contributed by atoms with Gasteiger partial charge in [-0.05, 0) is 4.90 Å². The molecule has 1 heterocycles. The summed E-state index contributed by atoms with van der Waals surface area (Å²) in [7, 11) is 0. The van der Waals surface area contributed by atoms with Gasteiger partial charge in [0.15, 0.2) is 5.69 Å². The van der Waals surface area contributed by atoms with Gasteiger partial charge < -0.3 is 5.21 Å². The third-order valence-electron chi connectivity index (χ3n) is 0.649. The Labute approximate surface area is 39.9 Å². The van der Waals surface area contributed by atoms with Crippen LogP contribution in [0.25, 0.3) is 0 Å². The maximum Gasteiger partial charge on any atom is 0.208 e. The zero-order valence-corrected chi connectivity index (χ0v) is 3.79. The summed E-state index contributed by atoms with van der Waals surface area (Å²) in [6.07, 6.45) is 1.35. The van der Waals surface area contributed by atoms with Crippen molar-refractivity contribution >= 4 is 0 Å². The molecule has 1 aromatic rings. The lowest BCUT2D eigenvalue weighted by molar-refractivity contribution is -0.806. The maximum absolute atomic E-state index is 10.1. The number of rotatable bonds is 0. The number of hydrogen-bond donors (Lipinski definition) is 0. The molecule has 0 fully saturated rings. The van der Waals surface area contributed by atoms with Crippen LogP contribution in [0.15, 0.2) is 10.8 Å². The number of nitrogens with zero attached hydrogens (tertiary/aromatic N) is 2. The normalized spacial score (nSPS) is 9.29. The molecule has 1 aromatic heterocycles. The fraction of sp³-hybridized carbons (Fsp3) is 0.333. The van der Waals surface area contributed by atoms with Gasteiger partial charge in [0.1, 0.15) is 0 Å². The highest BCUT2D eigenvalue weighted by Crippen LogP contribution is 1.78. The van der Waals surface area contributed by atoms with Crippen LogP contribution in [0.4, 0.5) is 0 Å². The van der Waals surface area contributed by atoms with Crippen molar-refractivity contribution in [2.75, 3.05) is 0 Å². The fourth-order valence-corrected chi connectivity index (χ4v) is 0.254. The molecule has 0 amide bonds. The lowest BCUT2D eigenvalue weighted by Crippen LogP contribution is -2.25. The Hall–Kier alpha value is -1.06. The number of hydrogen-bond acceptors (Lipinski definition) is 3. The second-order valence-electron chi connectivity index (χ2n) is 1.21. The zero-order valence-electron chi connectivity index (χ0n) is 3.79. The molecule has 0 atom stereocenters. The van der Waals surface area contributed by atoms with E-state index >= 15 is 0 Å². The molecule has 0 aliphatic heterocycles. The monoisotopic (exact) mass is 100 g/mol. The van der Waals surface area contributed by atoms with Crippen molar-refractivity contribution in [1.82, 2.24) is 5.16 Å². The van der Waals surface area contributed by atoms with E-state index in [2.05, 4.69) is 9.79 Å².